The molecule has 9 aromatic rings. The van der Waals surface area contributed by atoms with Crippen molar-refractivity contribution in [1.29, 1.82) is 0 Å². The molecule has 1 heterocycles. The minimum absolute atomic E-state index is 0.879. The van der Waals surface area contributed by atoms with Crippen molar-refractivity contribution in [3.63, 3.8) is 0 Å². The van der Waals surface area contributed by atoms with Gasteiger partial charge in [0.25, 0.3) is 0 Å². The van der Waals surface area contributed by atoms with Crippen LogP contribution in [0.25, 0.3) is 65.4 Å². The van der Waals surface area contributed by atoms with Gasteiger partial charge in [-0.15, -0.1) is 0 Å². The first-order chi connectivity index (χ1) is 21.8. The van der Waals surface area contributed by atoms with Gasteiger partial charge in [-0.05, 0) is 74.5 Å². The minimum Gasteiger partial charge on any atom is -0.456 e. The van der Waals surface area contributed by atoms with E-state index in [4.69, 9.17) is 4.42 Å². The maximum atomic E-state index is 6.53. The average Bonchev–Trinajstić information content (AvgIpc) is 3.48. The van der Waals surface area contributed by atoms with E-state index >= 15 is 0 Å². The quantitative estimate of drug-likeness (QED) is 0.199. The molecule has 44 heavy (non-hydrogen) atoms. The second-order valence-electron chi connectivity index (χ2n) is 11.4. The fraction of sp³-hybridized carbons (Fsp3) is 0. The van der Waals surface area contributed by atoms with Crippen molar-refractivity contribution >= 4 is 71.3 Å². The van der Waals surface area contributed by atoms with Gasteiger partial charge in [-0.2, -0.15) is 0 Å². The van der Waals surface area contributed by atoms with Crippen molar-refractivity contribution in [3.8, 4) is 11.1 Å². The van der Waals surface area contributed by atoms with Crippen LogP contribution in [0.1, 0.15) is 0 Å². The molecule has 0 atom stereocenters. The molecular weight excluding hydrogens is 534 g/mol. The van der Waals surface area contributed by atoms with Crippen molar-refractivity contribution in [2.24, 2.45) is 0 Å². The molecule has 206 valence electrons. The summed E-state index contributed by atoms with van der Waals surface area (Å²) in [6, 6.07) is 58.5. The molecule has 0 saturated carbocycles. The lowest BCUT2D eigenvalue weighted by molar-refractivity contribution is 0.669. The van der Waals surface area contributed by atoms with E-state index in [2.05, 4.69) is 169 Å². The molecule has 0 saturated heterocycles. The molecule has 8 aromatic carbocycles. The molecule has 0 N–H and O–H groups in total. The Labute approximate surface area is 255 Å². The topological polar surface area (TPSA) is 16.4 Å². The number of nitrogens with zero attached hydrogens (tertiary/aromatic N) is 1. The molecule has 0 spiro atoms. The molecule has 1 aromatic heterocycles. The molecule has 0 aliphatic heterocycles. The minimum atomic E-state index is 0.879. The lowest BCUT2D eigenvalue weighted by atomic mass is 9.98. The van der Waals surface area contributed by atoms with Gasteiger partial charge >= 0.3 is 0 Å². The van der Waals surface area contributed by atoms with Crippen molar-refractivity contribution in [2.45, 2.75) is 0 Å². The largest absolute Gasteiger partial charge is 0.456 e. The summed E-state index contributed by atoms with van der Waals surface area (Å²) in [5, 5.41) is 9.63. The van der Waals surface area contributed by atoms with Gasteiger partial charge in [-0.1, -0.05) is 121 Å². The molecule has 0 aliphatic carbocycles. The maximum Gasteiger partial charge on any atom is 0.137 e. The van der Waals surface area contributed by atoms with Crippen LogP contribution in [0.4, 0.5) is 17.1 Å². The predicted molar refractivity (Wildman–Crippen MR) is 186 cm³/mol. The first kappa shape index (κ1) is 24.7. The lowest BCUT2D eigenvalue weighted by Gasteiger charge is -2.27. The number of furan rings is 1. The van der Waals surface area contributed by atoms with Crippen molar-refractivity contribution in [2.75, 3.05) is 4.90 Å². The van der Waals surface area contributed by atoms with E-state index < -0.39 is 0 Å². The third kappa shape index (κ3) is 3.89. The van der Waals surface area contributed by atoms with E-state index in [1.807, 2.05) is 0 Å². The van der Waals surface area contributed by atoms with E-state index in [0.29, 0.717) is 0 Å². The number of anilines is 3. The Bertz CT molecular complexity index is 2490. The zero-order valence-corrected chi connectivity index (χ0v) is 23.9. The van der Waals surface area contributed by atoms with Crippen LogP contribution in [-0.2, 0) is 0 Å². The van der Waals surface area contributed by atoms with E-state index in [9.17, 15) is 0 Å². The van der Waals surface area contributed by atoms with Gasteiger partial charge in [0.1, 0.15) is 11.2 Å². The zero-order chi connectivity index (χ0) is 29.0. The number of hydrogen-bond donors (Lipinski definition) is 0. The van der Waals surface area contributed by atoms with Crippen LogP contribution >= 0.6 is 0 Å². The lowest BCUT2D eigenvalue weighted by Crippen LogP contribution is -2.10. The fourth-order valence-corrected chi connectivity index (χ4v) is 6.75. The van der Waals surface area contributed by atoms with Gasteiger partial charge in [0.05, 0.1) is 5.69 Å². The highest BCUT2D eigenvalue weighted by Crippen LogP contribution is 2.44. The second kappa shape index (κ2) is 9.86. The molecule has 9 rings (SSSR count). The number of benzene rings is 8. The Morgan fingerprint density at radius 1 is 0.364 bits per heavy atom. The molecule has 2 heteroatoms. The Kier molecular flexibility index (Phi) is 5.54. The highest BCUT2D eigenvalue weighted by molar-refractivity contribution is 6.19. The normalized spacial score (nSPS) is 11.6. The van der Waals surface area contributed by atoms with Gasteiger partial charge < -0.3 is 9.32 Å². The maximum absolute atomic E-state index is 6.53. The summed E-state index contributed by atoms with van der Waals surface area (Å²) in [4.78, 5) is 2.37. The van der Waals surface area contributed by atoms with Gasteiger partial charge in [-0.3, -0.25) is 0 Å². The van der Waals surface area contributed by atoms with Crippen LogP contribution < -0.4 is 4.90 Å². The molecule has 0 aliphatic rings. The summed E-state index contributed by atoms with van der Waals surface area (Å²) >= 11 is 0. The van der Waals surface area contributed by atoms with Crippen LogP contribution in [0.15, 0.2) is 168 Å². The smallest absolute Gasteiger partial charge is 0.137 e. The van der Waals surface area contributed by atoms with Crippen molar-refractivity contribution < 1.29 is 4.42 Å². The molecule has 2 nitrogen and oxygen atoms in total. The number of rotatable bonds is 4. The fourth-order valence-electron chi connectivity index (χ4n) is 6.75. The molecule has 0 radical (unpaired) electrons. The Morgan fingerprint density at radius 2 is 1.00 bits per heavy atom. The van der Waals surface area contributed by atoms with Crippen molar-refractivity contribution in [3.05, 3.63) is 164 Å². The van der Waals surface area contributed by atoms with E-state index in [1.54, 1.807) is 0 Å². The first-order valence-corrected chi connectivity index (χ1v) is 15.0. The molecule has 0 bridgehead atoms. The summed E-state index contributed by atoms with van der Waals surface area (Å²) in [7, 11) is 0. The van der Waals surface area contributed by atoms with Crippen LogP contribution in [0.5, 0.6) is 0 Å². The van der Waals surface area contributed by atoms with Gasteiger partial charge in [0, 0.05) is 33.6 Å². The third-order valence-corrected chi connectivity index (χ3v) is 8.82. The molecule has 0 unspecified atom stereocenters. The van der Waals surface area contributed by atoms with Crippen LogP contribution in [0.2, 0.25) is 0 Å². The van der Waals surface area contributed by atoms with Crippen LogP contribution in [0, 0.1) is 0 Å². The average molecular weight is 562 g/mol. The summed E-state index contributed by atoms with van der Waals surface area (Å²) in [5.74, 6) is 0. The summed E-state index contributed by atoms with van der Waals surface area (Å²) in [6.07, 6.45) is 0. The molecular formula is C42H27NO. The van der Waals surface area contributed by atoms with E-state index in [-0.39, 0.29) is 0 Å². The van der Waals surface area contributed by atoms with E-state index in [0.717, 1.165) is 33.6 Å². The SMILES string of the molecule is c1ccc(-c2ccc(N(c3ccc4c(c3)oc3ccc5ccccc5c34)c3cc4ccccc4c4ccccc34)cc2)cc1. The predicted octanol–water partition coefficient (Wildman–Crippen LogP) is 12.2. The number of fused-ring (bicyclic) bond motifs is 8. The van der Waals surface area contributed by atoms with Crippen LogP contribution in [-0.4, -0.2) is 0 Å². The van der Waals surface area contributed by atoms with Gasteiger partial charge in [0.15, 0.2) is 0 Å². The van der Waals surface area contributed by atoms with E-state index in [1.165, 1.54) is 48.8 Å². The van der Waals surface area contributed by atoms with Crippen LogP contribution in [0.3, 0.4) is 0 Å². The molecule has 0 amide bonds. The zero-order valence-electron chi connectivity index (χ0n) is 23.9. The molecule has 0 fully saturated rings. The standard InChI is InChI=1S/C42H27NO/c1-2-10-28(11-3-1)29-18-21-32(22-19-29)43(39-26-31-13-5-6-14-34(31)36-16-8-9-17-37(36)39)33-23-24-38-41(27-33)44-40-25-20-30-12-4-7-15-35(30)42(38)40/h1-27H. The summed E-state index contributed by atoms with van der Waals surface area (Å²) in [6.45, 7) is 0. The summed E-state index contributed by atoms with van der Waals surface area (Å²) < 4.78 is 6.53. The Hall–Kier alpha value is -5.86. The highest BCUT2D eigenvalue weighted by Gasteiger charge is 2.19. The number of hydrogen-bond acceptors (Lipinski definition) is 2. The van der Waals surface area contributed by atoms with Crippen molar-refractivity contribution in [1.82, 2.24) is 0 Å². The second-order valence-corrected chi connectivity index (χ2v) is 11.4. The summed E-state index contributed by atoms with van der Waals surface area (Å²) in [5.41, 5.74) is 7.46. The van der Waals surface area contributed by atoms with Gasteiger partial charge in [-0.25, -0.2) is 0 Å². The van der Waals surface area contributed by atoms with Gasteiger partial charge in [0.2, 0.25) is 0 Å². The monoisotopic (exact) mass is 561 g/mol. The first-order valence-electron chi connectivity index (χ1n) is 15.0. The Morgan fingerprint density at radius 3 is 1.82 bits per heavy atom. The Balaban J connectivity index is 1.30. The highest BCUT2D eigenvalue weighted by atomic mass is 16.3. The third-order valence-electron chi connectivity index (χ3n) is 8.82.